The molecule has 0 spiro atoms. The summed E-state index contributed by atoms with van der Waals surface area (Å²) in [7, 11) is 0. The average molecular weight is 300 g/mol. The molecule has 0 unspecified atom stereocenters. The number of nitrogens with zero attached hydrogens (tertiary/aromatic N) is 1. The second kappa shape index (κ2) is 5.48. The summed E-state index contributed by atoms with van der Waals surface area (Å²) in [5.74, 6) is 1.46. The van der Waals surface area contributed by atoms with Crippen LogP contribution in [0.15, 0.2) is 23.1 Å². The Kier molecular flexibility index (Phi) is 3.82. The van der Waals surface area contributed by atoms with Crippen LogP contribution in [0.2, 0.25) is 0 Å². The summed E-state index contributed by atoms with van der Waals surface area (Å²) in [6.07, 6.45) is 1.49. The van der Waals surface area contributed by atoms with Gasteiger partial charge in [-0.25, -0.2) is 0 Å². The normalized spacial score (nSPS) is 19.2. The van der Waals surface area contributed by atoms with Gasteiger partial charge in [-0.1, -0.05) is 0 Å². The van der Waals surface area contributed by atoms with Gasteiger partial charge in [0.2, 0.25) is 0 Å². The lowest BCUT2D eigenvalue weighted by atomic mass is 10.1. The minimum atomic E-state index is -4.41. The second-order valence-electron chi connectivity index (χ2n) is 6.10. The fourth-order valence-electron chi connectivity index (χ4n) is 2.85. The minimum Gasteiger partial charge on any atom is -0.314 e. The number of pyridine rings is 1. The molecule has 2 saturated carbocycles. The molecule has 3 nitrogen and oxygen atoms in total. The first kappa shape index (κ1) is 14.6. The maximum Gasteiger partial charge on any atom is 0.417 e. The van der Waals surface area contributed by atoms with E-state index in [0.717, 1.165) is 34.7 Å². The Morgan fingerprint density at radius 3 is 2.33 bits per heavy atom. The summed E-state index contributed by atoms with van der Waals surface area (Å²) >= 11 is 0. The van der Waals surface area contributed by atoms with Gasteiger partial charge < -0.3 is 9.88 Å². The smallest absolute Gasteiger partial charge is 0.314 e. The van der Waals surface area contributed by atoms with Crippen molar-refractivity contribution >= 4 is 0 Å². The summed E-state index contributed by atoms with van der Waals surface area (Å²) in [6.45, 7) is 0.817. The van der Waals surface area contributed by atoms with Crippen LogP contribution in [0, 0.1) is 11.8 Å². The Morgan fingerprint density at radius 2 is 1.81 bits per heavy atom. The number of nitrogens with one attached hydrogen (secondary N) is 1. The van der Waals surface area contributed by atoms with Gasteiger partial charge in [-0.2, -0.15) is 13.2 Å². The molecule has 0 atom stereocenters. The van der Waals surface area contributed by atoms with Crippen LogP contribution in [0.3, 0.4) is 0 Å². The lowest BCUT2D eigenvalue weighted by molar-refractivity contribution is -0.138. The van der Waals surface area contributed by atoms with Crippen LogP contribution in [-0.2, 0) is 12.7 Å². The number of rotatable bonds is 6. The van der Waals surface area contributed by atoms with Crippen molar-refractivity contribution in [2.75, 3.05) is 6.54 Å². The zero-order valence-corrected chi connectivity index (χ0v) is 11.7. The summed E-state index contributed by atoms with van der Waals surface area (Å²) in [6, 6.07) is 2.32. The van der Waals surface area contributed by atoms with Crippen LogP contribution in [-0.4, -0.2) is 17.2 Å². The van der Waals surface area contributed by atoms with E-state index >= 15 is 0 Å². The van der Waals surface area contributed by atoms with Crippen LogP contribution in [0.25, 0.3) is 0 Å². The molecule has 0 saturated heterocycles. The van der Waals surface area contributed by atoms with Crippen LogP contribution < -0.4 is 10.9 Å². The first-order valence-electron chi connectivity index (χ1n) is 7.46. The fourth-order valence-corrected chi connectivity index (χ4v) is 2.85. The molecule has 2 aliphatic rings. The molecule has 1 heterocycles. The Labute approximate surface area is 121 Å². The largest absolute Gasteiger partial charge is 0.417 e. The van der Waals surface area contributed by atoms with E-state index in [-0.39, 0.29) is 12.1 Å². The highest BCUT2D eigenvalue weighted by molar-refractivity contribution is 5.13. The zero-order valence-electron chi connectivity index (χ0n) is 11.7. The zero-order chi connectivity index (χ0) is 15.0. The number of hydrogen-bond donors (Lipinski definition) is 1. The molecule has 116 valence electrons. The summed E-state index contributed by atoms with van der Waals surface area (Å²) in [5.41, 5.74) is -1.16. The van der Waals surface area contributed by atoms with Gasteiger partial charge in [0.05, 0.1) is 5.56 Å². The SMILES string of the molecule is O=c1ccc(C(F)(F)F)cn1CCNC(C1CC1)C1CC1. The maximum atomic E-state index is 12.6. The van der Waals surface area contributed by atoms with Gasteiger partial charge in [-0.15, -0.1) is 0 Å². The number of hydrogen-bond acceptors (Lipinski definition) is 2. The first-order chi connectivity index (χ1) is 9.95. The van der Waals surface area contributed by atoms with Gasteiger partial charge in [0.15, 0.2) is 0 Å². The van der Waals surface area contributed by atoms with Crippen molar-refractivity contribution in [3.05, 3.63) is 34.2 Å². The van der Waals surface area contributed by atoms with Crippen molar-refractivity contribution in [2.45, 2.75) is 44.4 Å². The molecule has 21 heavy (non-hydrogen) atoms. The lowest BCUT2D eigenvalue weighted by Gasteiger charge is -2.18. The van der Waals surface area contributed by atoms with E-state index in [2.05, 4.69) is 5.32 Å². The van der Waals surface area contributed by atoms with Gasteiger partial charge in [0, 0.05) is 31.4 Å². The van der Waals surface area contributed by atoms with Crippen molar-refractivity contribution in [2.24, 2.45) is 11.8 Å². The molecule has 1 aromatic heterocycles. The van der Waals surface area contributed by atoms with Crippen molar-refractivity contribution < 1.29 is 13.2 Å². The number of aromatic nitrogens is 1. The van der Waals surface area contributed by atoms with Crippen molar-refractivity contribution in [3.63, 3.8) is 0 Å². The third kappa shape index (κ3) is 3.67. The molecule has 6 heteroatoms. The minimum absolute atomic E-state index is 0.276. The van der Waals surface area contributed by atoms with Crippen LogP contribution in [0.1, 0.15) is 31.2 Å². The Balaban J connectivity index is 1.60. The van der Waals surface area contributed by atoms with E-state index in [1.807, 2.05) is 0 Å². The molecule has 0 aliphatic heterocycles. The Morgan fingerprint density at radius 1 is 1.19 bits per heavy atom. The molecule has 0 aromatic carbocycles. The molecule has 3 rings (SSSR count). The summed E-state index contributed by atoms with van der Waals surface area (Å²) in [5, 5.41) is 3.44. The molecular weight excluding hydrogens is 281 g/mol. The summed E-state index contributed by atoms with van der Waals surface area (Å²) in [4.78, 5) is 11.6. The topological polar surface area (TPSA) is 34.0 Å². The standard InChI is InChI=1S/C15H19F3N2O/c16-15(17,18)12-5-6-13(21)20(9-12)8-7-19-14(10-1-2-10)11-3-4-11/h5-6,9-11,14,19H,1-4,7-8H2. The van der Waals surface area contributed by atoms with E-state index in [1.165, 1.54) is 25.7 Å². The van der Waals surface area contributed by atoms with E-state index in [9.17, 15) is 18.0 Å². The highest BCUT2D eigenvalue weighted by Gasteiger charge is 2.40. The van der Waals surface area contributed by atoms with Crippen LogP contribution in [0.5, 0.6) is 0 Å². The van der Waals surface area contributed by atoms with E-state index in [1.54, 1.807) is 0 Å². The predicted molar refractivity (Wildman–Crippen MR) is 72.9 cm³/mol. The van der Waals surface area contributed by atoms with E-state index < -0.39 is 11.7 Å². The number of alkyl halides is 3. The van der Waals surface area contributed by atoms with E-state index in [0.29, 0.717) is 12.6 Å². The highest BCUT2D eigenvalue weighted by atomic mass is 19.4. The maximum absolute atomic E-state index is 12.6. The fraction of sp³-hybridized carbons (Fsp3) is 0.667. The molecule has 2 aliphatic carbocycles. The van der Waals surface area contributed by atoms with Gasteiger partial charge in [-0.3, -0.25) is 4.79 Å². The Hall–Kier alpha value is -1.30. The predicted octanol–water partition coefficient (Wildman–Crippen LogP) is 2.65. The third-order valence-electron chi connectivity index (χ3n) is 4.30. The lowest BCUT2D eigenvalue weighted by Crippen LogP contribution is -2.36. The van der Waals surface area contributed by atoms with Crippen molar-refractivity contribution in [1.29, 1.82) is 0 Å². The number of halogens is 3. The molecular formula is C15H19F3N2O. The molecule has 1 aromatic rings. The summed E-state index contributed by atoms with van der Waals surface area (Å²) < 4.78 is 39.1. The molecule has 0 bridgehead atoms. The van der Waals surface area contributed by atoms with Crippen LogP contribution in [0.4, 0.5) is 13.2 Å². The van der Waals surface area contributed by atoms with Crippen molar-refractivity contribution in [3.8, 4) is 0 Å². The highest BCUT2D eigenvalue weighted by Crippen LogP contribution is 2.44. The van der Waals surface area contributed by atoms with Crippen molar-refractivity contribution in [1.82, 2.24) is 9.88 Å². The molecule has 0 amide bonds. The van der Waals surface area contributed by atoms with Gasteiger partial charge >= 0.3 is 6.18 Å². The monoisotopic (exact) mass is 300 g/mol. The second-order valence-corrected chi connectivity index (χ2v) is 6.10. The van der Waals surface area contributed by atoms with Gasteiger partial charge in [-0.05, 0) is 43.6 Å². The average Bonchev–Trinajstić information content (AvgIpc) is 3.27. The van der Waals surface area contributed by atoms with Crippen LogP contribution >= 0.6 is 0 Å². The molecule has 0 radical (unpaired) electrons. The molecule has 2 fully saturated rings. The quantitative estimate of drug-likeness (QED) is 0.876. The third-order valence-corrected chi connectivity index (χ3v) is 4.30. The Bertz CT molecular complexity index is 547. The van der Waals surface area contributed by atoms with Gasteiger partial charge in [0.25, 0.3) is 5.56 Å². The van der Waals surface area contributed by atoms with E-state index in [4.69, 9.17) is 0 Å². The first-order valence-corrected chi connectivity index (χ1v) is 7.46. The van der Waals surface area contributed by atoms with Gasteiger partial charge in [0.1, 0.15) is 0 Å². The molecule has 1 N–H and O–H groups in total.